The van der Waals surface area contributed by atoms with Gasteiger partial charge in [-0.1, -0.05) is 24.3 Å². The van der Waals surface area contributed by atoms with Crippen molar-refractivity contribution in [3.05, 3.63) is 65.5 Å². The van der Waals surface area contributed by atoms with E-state index in [-0.39, 0.29) is 25.1 Å². The topological polar surface area (TPSA) is 120 Å². The molecule has 0 spiro atoms. The van der Waals surface area contributed by atoms with Crippen LogP contribution in [0.4, 0.5) is 15.3 Å². The summed E-state index contributed by atoms with van der Waals surface area (Å²) in [4.78, 5) is 55.4. The summed E-state index contributed by atoms with van der Waals surface area (Å²) in [6, 6.07) is 11.6. The van der Waals surface area contributed by atoms with E-state index in [1.54, 1.807) is 17.3 Å². The van der Waals surface area contributed by atoms with Crippen molar-refractivity contribution in [1.82, 2.24) is 30.0 Å². The van der Waals surface area contributed by atoms with E-state index in [1.807, 2.05) is 42.2 Å². The Hall–Kier alpha value is -4.09. The van der Waals surface area contributed by atoms with Gasteiger partial charge < -0.3 is 25.1 Å². The minimum Gasteiger partial charge on any atom is -0.444 e. The average molecular weight is 654 g/mol. The number of likely N-dealkylation sites (tertiary alicyclic amines) is 2. The monoisotopic (exact) mass is 653 g/mol. The van der Waals surface area contributed by atoms with Crippen LogP contribution in [0.25, 0.3) is 11.0 Å². The number of aldehydes is 1. The van der Waals surface area contributed by atoms with Gasteiger partial charge in [0.1, 0.15) is 18.6 Å². The van der Waals surface area contributed by atoms with Crippen molar-refractivity contribution in [2.24, 2.45) is 11.8 Å². The summed E-state index contributed by atoms with van der Waals surface area (Å²) in [5.41, 5.74) is 4.47. The minimum atomic E-state index is -0.884. The number of para-hydroxylation sites is 1. The quantitative estimate of drug-likeness (QED) is 0.337. The van der Waals surface area contributed by atoms with Crippen LogP contribution in [0.2, 0.25) is 0 Å². The van der Waals surface area contributed by atoms with Crippen LogP contribution in [0.5, 0.6) is 0 Å². The van der Waals surface area contributed by atoms with Crippen molar-refractivity contribution >= 4 is 35.1 Å². The first-order chi connectivity index (χ1) is 23.4. The molecule has 3 saturated heterocycles. The van der Waals surface area contributed by atoms with Crippen molar-refractivity contribution in [2.75, 3.05) is 44.6 Å². The minimum absolute atomic E-state index is 0.0911. The van der Waals surface area contributed by atoms with E-state index in [1.165, 1.54) is 12.8 Å². The second kappa shape index (κ2) is 14.2. The average Bonchev–Trinajstić information content (AvgIpc) is 3.29. The molecule has 4 aliphatic rings. The number of carbonyl (C=O) groups is 3. The van der Waals surface area contributed by atoms with Gasteiger partial charge in [0.05, 0.1) is 11.0 Å². The van der Waals surface area contributed by atoms with Gasteiger partial charge in [-0.2, -0.15) is 0 Å². The number of nitrogens with one attached hydrogen (secondary N) is 2. The van der Waals surface area contributed by atoms with E-state index in [4.69, 9.17) is 4.74 Å². The number of anilines is 1. The molecule has 4 aliphatic heterocycles. The van der Waals surface area contributed by atoms with Crippen LogP contribution in [0.1, 0.15) is 61.6 Å². The molecule has 48 heavy (non-hydrogen) atoms. The van der Waals surface area contributed by atoms with Gasteiger partial charge >= 0.3 is 12.1 Å². The van der Waals surface area contributed by atoms with Crippen LogP contribution >= 0.6 is 0 Å². The molecule has 0 aliphatic carbocycles. The fraction of sp³-hybridized carbons (Fsp3) is 0.541. The Morgan fingerprint density at radius 2 is 1.77 bits per heavy atom. The highest BCUT2D eigenvalue weighted by Crippen LogP contribution is 2.41. The summed E-state index contributed by atoms with van der Waals surface area (Å²) in [6.45, 7) is 6.81. The smallest absolute Gasteiger partial charge is 0.411 e. The molecule has 1 aromatic heterocycles. The van der Waals surface area contributed by atoms with Gasteiger partial charge in [-0.15, -0.1) is 0 Å². The zero-order chi connectivity index (χ0) is 33.1. The number of urea groups is 1. The highest BCUT2D eigenvalue weighted by atomic mass is 16.6. The van der Waals surface area contributed by atoms with Crippen LogP contribution in [0.15, 0.2) is 48.8 Å². The molecule has 5 heterocycles. The lowest BCUT2D eigenvalue weighted by Crippen LogP contribution is -2.69. The molecular weight excluding hydrogens is 606 g/mol. The van der Waals surface area contributed by atoms with Crippen molar-refractivity contribution < 1.29 is 19.1 Å². The number of benzene rings is 2. The molecule has 11 nitrogen and oxygen atoms in total. The first kappa shape index (κ1) is 32.5. The maximum Gasteiger partial charge on any atom is 0.411 e. The van der Waals surface area contributed by atoms with Gasteiger partial charge in [0.25, 0.3) is 0 Å². The lowest BCUT2D eigenvalue weighted by molar-refractivity contribution is -0.128. The Morgan fingerprint density at radius 3 is 2.58 bits per heavy atom. The number of ether oxygens (including phenoxy) is 1. The van der Waals surface area contributed by atoms with E-state index < -0.39 is 11.8 Å². The number of rotatable bonds is 7. The van der Waals surface area contributed by atoms with Gasteiger partial charge in [-0.3, -0.25) is 19.8 Å². The van der Waals surface area contributed by atoms with Gasteiger partial charge in [-0.25, -0.2) is 9.59 Å². The van der Waals surface area contributed by atoms with Crippen LogP contribution in [-0.4, -0.2) is 94.1 Å². The maximum absolute atomic E-state index is 14.1. The number of nitrogens with zero attached hydrogens (tertiary/aromatic N) is 5. The Balaban J connectivity index is 1.13. The molecule has 0 saturated carbocycles. The molecular formula is C37H47N7O4. The summed E-state index contributed by atoms with van der Waals surface area (Å²) < 4.78 is 6.04. The highest BCUT2D eigenvalue weighted by Gasteiger charge is 2.52. The molecule has 2 N–H and O–H groups in total. The molecule has 7 rings (SSSR count). The second-order valence-electron chi connectivity index (χ2n) is 14.0. The Kier molecular flexibility index (Phi) is 9.59. The van der Waals surface area contributed by atoms with Gasteiger partial charge in [-0.05, 0) is 99.2 Å². The van der Waals surface area contributed by atoms with Gasteiger partial charge in [0.15, 0.2) is 0 Å². The molecule has 2 atom stereocenters. The zero-order valence-corrected chi connectivity index (χ0v) is 27.9. The third kappa shape index (κ3) is 6.50. The van der Waals surface area contributed by atoms with E-state index >= 15 is 0 Å². The van der Waals surface area contributed by atoms with Gasteiger partial charge in [0, 0.05) is 63.1 Å². The molecule has 254 valence electrons. The molecule has 3 amide bonds. The van der Waals surface area contributed by atoms with E-state index in [9.17, 15) is 14.4 Å². The van der Waals surface area contributed by atoms with Crippen LogP contribution in [0.3, 0.4) is 0 Å². The summed E-state index contributed by atoms with van der Waals surface area (Å²) in [5.74, 6) is 1.36. The van der Waals surface area contributed by atoms with Crippen molar-refractivity contribution in [3.63, 3.8) is 0 Å². The number of amides is 3. The first-order valence-corrected chi connectivity index (χ1v) is 17.6. The molecule has 3 fully saturated rings. The second-order valence-corrected chi connectivity index (χ2v) is 14.0. The standard InChI is InChI=1S/C37H47N7O4/c1-26-22-27(23-33-34(26)40-16-15-39-33)25-48-36(47)44-20-11-31(43-19-10-30-4-2-3-5-32(30)41-35(43)46)24-37(44,12-21-45)42-17-8-29(9-18-42)28-6-13-38-14-7-28/h2-5,15-16,21-23,28-29,31,38H,6-14,17-20,24-25H2,1H3,(H,41,46)/t31-,37+/m1/s1. The van der Waals surface area contributed by atoms with Crippen molar-refractivity contribution in [3.8, 4) is 0 Å². The number of aromatic nitrogens is 2. The predicted octanol–water partition coefficient (Wildman–Crippen LogP) is 5.13. The van der Waals surface area contributed by atoms with Crippen molar-refractivity contribution in [1.29, 1.82) is 0 Å². The highest BCUT2D eigenvalue weighted by molar-refractivity contribution is 5.91. The number of fused-ring (bicyclic) bond motifs is 2. The summed E-state index contributed by atoms with van der Waals surface area (Å²) in [7, 11) is 0. The summed E-state index contributed by atoms with van der Waals surface area (Å²) in [5, 5.41) is 6.61. The number of carbonyl (C=O) groups excluding carboxylic acids is 3. The largest absolute Gasteiger partial charge is 0.444 e. The maximum atomic E-state index is 14.1. The van der Waals surface area contributed by atoms with Crippen molar-refractivity contribution in [2.45, 2.75) is 76.6 Å². The van der Waals surface area contributed by atoms with E-state index in [2.05, 4.69) is 31.6 Å². The molecule has 11 heteroatoms. The van der Waals surface area contributed by atoms with Crippen LogP contribution in [0, 0.1) is 18.8 Å². The third-order valence-electron chi connectivity index (χ3n) is 11.3. The number of hydrogen-bond donors (Lipinski definition) is 2. The normalized spacial score (nSPS) is 24.5. The van der Waals surface area contributed by atoms with E-state index in [0.29, 0.717) is 37.8 Å². The SMILES string of the molecule is Cc1cc(COC(=O)N2CC[C@@H](N3CCc4ccccc4NC3=O)C[C@@]2(CC=O)N2CCC(C3CCNCC3)CC2)cc2nccnc12. The van der Waals surface area contributed by atoms with Crippen LogP contribution < -0.4 is 10.6 Å². The first-order valence-electron chi connectivity index (χ1n) is 17.6. The van der Waals surface area contributed by atoms with Gasteiger partial charge in [0.2, 0.25) is 0 Å². The number of piperidine rings is 3. The molecule has 0 bridgehead atoms. The fourth-order valence-corrected chi connectivity index (χ4v) is 8.83. The molecule has 0 unspecified atom stereocenters. The third-order valence-corrected chi connectivity index (χ3v) is 11.3. The molecule has 2 aromatic carbocycles. The summed E-state index contributed by atoms with van der Waals surface area (Å²) in [6.07, 6.45) is 10.3. The Labute approximate surface area is 282 Å². The molecule has 3 aromatic rings. The number of hydrogen-bond acceptors (Lipinski definition) is 8. The lowest BCUT2D eigenvalue weighted by Gasteiger charge is -2.56. The lowest BCUT2D eigenvalue weighted by atomic mass is 9.77. The summed E-state index contributed by atoms with van der Waals surface area (Å²) >= 11 is 0. The van der Waals surface area contributed by atoms with E-state index in [0.717, 1.165) is 85.1 Å². The fourth-order valence-electron chi connectivity index (χ4n) is 8.83. The Morgan fingerprint density at radius 1 is 1.00 bits per heavy atom. The Bertz CT molecular complexity index is 1640. The van der Waals surface area contributed by atoms with Crippen LogP contribution in [-0.2, 0) is 22.6 Å². The predicted molar refractivity (Wildman–Crippen MR) is 183 cm³/mol. The molecule has 0 radical (unpaired) electrons. The number of aryl methyl sites for hydroxylation is 1. The zero-order valence-electron chi connectivity index (χ0n) is 27.9.